The summed E-state index contributed by atoms with van der Waals surface area (Å²) in [5.74, 6) is 0.922. The second-order valence-electron chi connectivity index (χ2n) is 4.20. The predicted molar refractivity (Wildman–Crippen MR) is 71.8 cm³/mol. The molecule has 0 spiro atoms. The first-order chi connectivity index (χ1) is 9.69. The van der Waals surface area contributed by atoms with Crippen LogP contribution in [-0.2, 0) is 11.3 Å². The minimum atomic E-state index is -0.654. The number of hydrogen-bond acceptors (Lipinski definition) is 4. The number of nitrogens with one attached hydrogen (secondary N) is 1. The Kier molecular flexibility index (Phi) is 4.40. The van der Waals surface area contributed by atoms with Gasteiger partial charge >= 0.3 is 0 Å². The number of nitriles is 1. The van der Waals surface area contributed by atoms with E-state index >= 15 is 0 Å². The summed E-state index contributed by atoms with van der Waals surface area (Å²) in [6.45, 7) is 1.97. The first-order valence-electron chi connectivity index (χ1n) is 6.16. The van der Waals surface area contributed by atoms with Gasteiger partial charge in [0.25, 0.3) is 5.91 Å². The van der Waals surface area contributed by atoms with Crippen LogP contribution in [0.5, 0.6) is 5.75 Å². The summed E-state index contributed by atoms with van der Waals surface area (Å²) in [5.41, 5.74) is 0.491. The molecule has 0 fully saturated rings. The highest BCUT2D eigenvalue weighted by molar-refractivity contribution is 5.80. The molecule has 0 aliphatic rings. The summed E-state index contributed by atoms with van der Waals surface area (Å²) in [7, 11) is 0. The van der Waals surface area contributed by atoms with Crippen molar-refractivity contribution < 1.29 is 13.9 Å². The molecule has 20 heavy (non-hydrogen) atoms. The van der Waals surface area contributed by atoms with E-state index in [2.05, 4.69) is 5.32 Å². The third kappa shape index (κ3) is 3.62. The van der Waals surface area contributed by atoms with Gasteiger partial charge in [-0.15, -0.1) is 0 Å². The Morgan fingerprint density at radius 3 is 3.00 bits per heavy atom. The molecule has 1 heterocycles. The number of carbonyl (C=O) groups excluding carboxylic acids is 1. The Labute approximate surface area is 116 Å². The van der Waals surface area contributed by atoms with Gasteiger partial charge in [0, 0.05) is 0 Å². The number of hydrogen-bond donors (Lipinski definition) is 1. The molecule has 0 radical (unpaired) electrons. The first-order valence-corrected chi connectivity index (χ1v) is 6.16. The number of furan rings is 1. The summed E-state index contributed by atoms with van der Waals surface area (Å²) in [5, 5.41) is 11.5. The van der Waals surface area contributed by atoms with E-state index in [1.54, 1.807) is 49.6 Å². The van der Waals surface area contributed by atoms with Crippen LogP contribution < -0.4 is 10.1 Å². The van der Waals surface area contributed by atoms with Gasteiger partial charge in [0.1, 0.15) is 11.5 Å². The molecule has 0 bridgehead atoms. The van der Waals surface area contributed by atoms with Crippen molar-refractivity contribution in [1.29, 1.82) is 5.26 Å². The Balaban J connectivity index is 1.88. The molecular weight excluding hydrogens is 256 g/mol. The zero-order chi connectivity index (χ0) is 14.4. The molecule has 5 nitrogen and oxygen atoms in total. The van der Waals surface area contributed by atoms with Crippen LogP contribution in [0.3, 0.4) is 0 Å². The fourth-order valence-corrected chi connectivity index (χ4v) is 1.63. The predicted octanol–water partition coefficient (Wildman–Crippen LogP) is 2.23. The van der Waals surface area contributed by atoms with Crippen molar-refractivity contribution in [2.75, 3.05) is 0 Å². The van der Waals surface area contributed by atoms with Gasteiger partial charge in [0.05, 0.1) is 24.4 Å². The number of rotatable bonds is 5. The monoisotopic (exact) mass is 270 g/mol. The topological polar surface area (TPSA) is 75.3 Å². The molecule has 5 heteroatoms. The van der Waals surface area contributed by atoms with Crippen molar-refractivity contribution >= 4 is 5.91 Å². The summed E-state index contributed by atoms with van der Waals surface area (Å²) in [4.78, 5) is 11.9. The van der Waals surface area contributed by atoms with Gasteiger partial charge in [-0.05, 0) is 37.3 Å². The highest BCUT2D eigenvalue weighted by Crippen LogP contribution is 2.14. The SMILES string of the molecule is C[C@@H](Oc1cccc(C#N)c1)C(=O)NCc1ccco1. The quantitative estimate of drug-likeness (QED) is 0.904. The number of amides is 1. The van der Waals surface area contributed by atoms with E-state index in [1.165, 1.54) is 0 Å². The van der Waals surface area contributed by atoms with Gasteiger partial charge in [-0.3, -0.25) is 4.79 Å². The highest BCUT2D eigenvalue weighted by Gasteiger charge is 2.14. The van der Waals surface area contributed by atoms with Crippen LogP contribution in [-0.4, -0.2) is 12.0 Å². The van der Waals surface area contributed by atoms with Gasteiger partial charge in [0.2, 0.25) is 0 Å². The number of carbonyl (C=O) groups is 1. The second-order valence-corrected chi connectivity index (χ2v) is 4.20. The Morgan fingerprint density at radius 1 is 1.45 bits per heavy atom. The summed E-state index contributed by atoms with van der Waals surface area (Å²) < 4.78 is 10.6. The molecule has 1 atom stereocenters. The van der Waals surface area contributed by atoms with Crippen LogP contribution in [0.15, 0.2) is 47.1 Å². The van der Waals surface area contributed by atoms with Gasteiger partial charge in [0.15, 0.2) is 6.10 Å². The van der Waals surface area contributed by atoms with Crippen LogP contribution >= 0.6 is 0 Å². The summed E-state index contributed by atoms with van der Waals surface area (Å²) in [6, 6.07) is 12.2. The normalized spacial score (nSPS) is 11.4. The molecule has 0 aliphatic carbocycles. The van der Waals surface area contributed by atoms with E-state index in [0.717, 1.165) is 0 Å². The maximum atomic E-state index is 11.9. The van der Waals surface area contributed by atoms with Crippen molar-refractivity contribution in [3.8, 4) is 11.8 Å². The van der Waals surface area contributed by atoms with Crippen molar-refractivity contribution in [3.05, 3.63) is 54.0 Å². The number of ether oxygens (including phenoxy) is 1. The Morgan fingerprint density at radius 2 is 2.30 bits per heavy atom. The molecule has 2 aromatic rings. The maximum Gasteiger partial charge on any atom is 0.261 e. The third-order valence-corrected chi connectivity index (χ3v) is 2.66. The van der Waals surface area contributed by atoms with Crippen molar-refractivity contribution in [2.45, 2.75) is 19.6 Å². The van der Waals surface area contributed by atoms with Gasteiger partial charge in [-0.1, -0.05) is 6.07 Å². The van der Waals surface area contributed by atoms with E-state index in [4.69, 9.17) is 14.4 Å². The van der Waals surface area contributed by atoms with E-state index < -0.39 is 6.10 Å². The van der Waals surface area contributed by atoms with E-state index in [0.29, 0.717) is 23.6 Å². The average Bonchev–Trinajstić information content (AvgIpc) is 2.98. The minimum absolute atomic E-state index is 0.247. The van der Waals surface area contributed by atoms with Crippen LogP contribution in [0.25, 0.3) is 0 Å². The summed E-state index contributed by atoms with van der Waals surface area (Å²) in [6.07, 6.45) is 0.897. The zero-order valence-corrected chi connectivity index (χ0v) is 11.0. The lowest BCUT2D eigenvalue weighted by atomic mass is 10.2. The molecule has 0 aliphatic heterocycles. The number of benzene rings is 1. The molecule has 1 amide bonds. The Hall–Kier alpha value is -2.74. The standard InChI is InChI=1S/C15H14N2O3/c1-11(15(18)17-10-14-6-3-7-19-14)20-13-5-2-4-12(8-13)9-16/h2-8,11H,10H2,1H3,(H,17,18)/t11-/m1/s1. The molecule has 1 aromatic carbocycles. The van der Waals surface area contributed by atoms with E-state index in [-0.39, 0.29) is 5.91 Å². The molecule has 0 saturated carbocycles. The van der Waals surface area contributed by atoms with E-state index in [1.807, 2.05) is 6.07 Å². The van der Waals surface area contributed by atoms with Crippen LogP contribution in [0.1, 0.15) is 18.2 Å². The highest BCUT2D eigenvalue weighted by atomic mass is 16.5. The number of nitrogens with zero attached hydrogens (tertiary/aromatic N) is 1. The van der Waals surface area contributed by atoms with Gasteiger partial charge in [-0.25, -0.2) is 0 Å². The third-order valence-electron chi connectivity index (χ3n) is 2.66. The summed E-state index contributed by atoms with van der Waals surface area (Å²) >= 11 is 0. The zero-order valence-electron chi connectivity index (χ0n) is 11.0. The lowest BCUT2D eigenvalue weighted by Crippen LogP contribution is -2.35. The minimum Gasteiger partial charge on any atom is -0.481 e. The molecule has 1 N–H and O–H groups in total. The lowest BCUT2D eigenvalue weighted by Gasteiger charge is -2.14. The Bertz CT molecular complexity index is 614. The molecule has 2 rings (SSSR count). The van der Waals surface area contributed by atoms with Crippen molar-refractivity contribution in [1.82, 2.24) is 5.32 Å². The van der Waals surface area contributed by atoms with Crippen molar-refractivity contribution in [2.24, 2.45) is 0 Å². The second kappa shape index (κ2) is 6.43. The maximum absolute atomic E-state index is 11.9. The van der Waals surface area contributed by atoms with Crippen molar-refractivity contribution in [3.63, 3.8) is 0 Å². The van der Waals surface area contributed by atoms with E-state index in [9.17, 15) is 4.79 Å². The van der Waals surface area contributed by atoms with Crippen LogP contribution in [0.2, 0.25) is 0 Å². The molecule has 102 valence electrons. The van der Waals surface area contributed by atoms with Crippen LogP contribution in [0.4, 0.5) is 0 Å². The largest absolute Gasteiger partial charge is 0.481 e. The molecule has 1 aromatic heterocycles. The fraction of sp³-hybridized carbons (Fsp3) is 0.200. The molecule has 0 unspecified atom stereocenters. The van der Waals surface area contributed by atoms with Gasteiger partial charge < -0.3 is 14.5 Å². The molecule has 0 saturated heterocycles. The van der Waals surface area contributed by atoms with Gasteiger partial charge in [-0.2, -0.15) is 5.26 Å². The fourth-order valence-electron chi connectivity index (χ4n) is 1.63. The average molecular weight is 270 g/mol. The first kappa shape index (κ1) is 13.7. The van der Waals surface area contributed by atoms with Crippen LogP contribution in [0, 0.1) is 11.3 Å². The lowest BCUT2D eigenvalue weighted by molar-refractivity contribution is -0.127. The smallest absolute Gasteiger partial charge is 0.261 e. The molecular formula is C15H14N2O3.